The van der Waals surface area contributed by atoms with Gasteiger partial charge in [0, 0.05) is 17.0 Å². The maximum atomic E-state index is 10.5. The average molecular weight is 306 g/mol. The zero-order valence-corrected chi connectivity index (χ0v) is 11.7. The molecular weight excluding hydrogens is 294 g/mol. The summed E-state index contributed by atoms with van der Waals surface area (Å²) in [6.07, 6.45) is 2.92. The molecule has 0 radical (unpaired) electrons. The highest BCUT2D eigenvalue weighted by Crippen LogP contribution is 2.19. The van der Waals surface area contributed by atoms with Crippen LogP contribution in [-0.4, -0.2) is 32.0 Å². The van der Waals surface area contributed by atoms with E-state index in [-0.39, 0.29) is 18.6 Å². The van der Waals surface area contributed by atoms with Gasteiger partial charge in [-0.05, 0) is 12.1 Å². The van der Waals surface area contributed by atoms with Crippen LogP contribution in [-0.2, 0) is 4.79 Å². The number of carboxylic acids is 1. The van der Waals surface area contributed by atoms with E-state index in [0.717, 1.165) is 5.56 Å². The van der Waals surface area contributed by atoms with Crippen molar-refractivity contribution >= 4 is 23.3 Å². The van der Waals surface area contributed by atoms with E-state index < -0.39 is 5.97 Å². The monoisotopic (exact) mass is 305 g/mol. The minimum absolute atomic E-state index is 0.0841. The number of hydrogen-bond acceptors (Lipinski definition) is 5. The van der Waals surface area contributed by atoms with Gasteiger partial charge in [-0.25, -0.2) is 0 Å². The van der Waals surface area contributed by atoms with Crippen molar-refractivity contribution in [1.82, 2.24) is 9.97 Å². The molecule has 0 aliphatic rings. The quantitative estimate of drug-likeness (QED) is 0.503. The molecule has 0 bridgehead atoms. The molecule has 0 amide bonds. The Morgan fingerprint density at radius 3 is 2.38 bits per heavy atom. The van der Waals surface area contributed by atoms with Crippen LogP contribution in [0.5, 0.6) is 0 Å². The Balaban J connectivity index is 2.18. The zero-order chi connectivity index (χ0) is 15.2. The van der Waals surface area contributed by atoms with E-state index in [2.05, 4.69) is 15.1 Å². The SMILES string of the molecule is O=C(O)CC/C(=N\O)c1cnc(-c2ccc(Cl)cc2)cn1. The van der Waals surface area contributed by atoms with Crippen molar-refractivity contribution < 1.29 is 15.1 Å². The van der Waals surface area contributed by atoms with Gasteiger partial charge in [-0.1, -0.05) is 28.9 Å². The first-order valence-corrected chi connectivity index (χ1v) is 6.49. The first-order chi connectivity index (χ1) is 10.1. The fourth-order valence-corrected chi connectivity index (χ4v) is 1.83. The summed E-state index contributed by atoms with van der Waals surface area (Å²) in [7, 11) is 0. The van der Waals surface area contributed by atoms with Gasteiger partial charge in [0.1, 0.15) is 11.4 Å². The second-order valence-corrected chi connectivity index (χ2v) is 4.67. The van der Waals surface area contributed by atoms with Gasteiger partial charge in [0.15, 0.2) is 0 Å². The van der Waals surface area contributed by atoms with Gasteiger partial charge in [0.2, 0.25) is 0 Å². The second kappa shape index (κ2) is 6.81. The molecule has 1 aromatic carbocycles. The number of aromatic nitrogens is 2. The molecule has 0 aliphatic heterocycles. The Morgan fingerprint density at radius 1 is 1.14 bits per heavy atom. The molecular formula is C14H12ClN3O3. The third-order valence-electron chi connectivity index (χ3n) is 2.78. The standard InChI is InChI=1S/C14H12ClN3O3/c15-10-3-1-9(2-4-10)12-7-17-13(8-16-12)11(18-21)5-6-14(19)20/h1-4,7-8,21H,5-6H2,(H,19,20)/b18-11+. The van der Waals surface area contributed by atoms with Crippen LogP contribution in [0.1, 0.15) is 18.5 Å². The highest BCUT2D eigenvalue weighted by atomic mass is 35.5. The maximum absolute atomic E-state index is 10.5. The van der Waals surface area contributed by atoms with Crippen LogP contribution in [0.4, 0.5) is 0 Å². The van der Waals surface area contributed by atoms with Gasteiger partial charge in [-0.3, -0.25) is 14.8 Å². The van der Waals surface area contributed by atoms with Gasteiger partial charge < -0.3 is 10.3 Å². The van der Waals surface area contributed by atoms with E-state index in [1.54, 1.807) is 12.1 Å². The van der Waals surface area contributed by atoms with E-state index in [9.17, 15) is 4.79 Å². The van der Waals surface area contributed by atoms with Crippen LogP contribution >= 0.6 is 11.6 Å². The molecule has 2 aromatic rings. The summed E-state index contributed by atoms with van der Waals surface area (Å²) in [6, 6.07) is 7.13. The molecule has 7 heteroatoms. The van der Waals surface area contributed by atoms with Crippen molar-refractivity contribution in [3.05, 3.63) is 47.4 Å². The number of oxime groups is 1. The summed E-state index contributed by atoms with van der Waals surface area (Å²) < 4.78 is 0. The van der Waals surface area contributed by atoms with Crippen molar-refractivity contribution in [2.24, 2.45) is 5.16 Å². The number of nitrogens with zero attached hydrogens (tertiary/aromatic N) is 3. The lowest BCUT2D eigenvalue weighted by Gasteiger charge is -2.04. The van der Waals surface area contributed by atoms with Crippen molar-refractivity contribution in [3.63, 3.8) is 0 Å². The summed E-state index contributed by atoms with van der Waals surface area (Å²) >= 11 is 5.82. The van der Waals surface area contributed by atoms with E-state index in [0.29, 0.717) is 16.4 Å². The minimum atomic E-state index is -0.970. The van der Waals surface area contributed by atoms with Crippen LogP contribution in [0.3, 0.4) is 0 Å². The molecule has 1 aromatic heterocycles. The topological polar surface area (TPSA) is 95.7 Å². The summed E-state index contributed by atoms with van der Waals surface area (Å²) in [6.45, 7) is 0. The number of aliphatic carboxylic acids is 1. The average Bonchev–Trinajstić information content (AvgIpc) is 2.49. The van der Waals surface area contributed by atoms with E-state index in [1.807, 2.05) is 12.1 Å². The Kier molecular flexibility index (Phi) is 4.84. The number of halogens is 1. The molecule has 0 unspecified atom stereocenters. The number of carbonyl (C=O) groups is 1. The molecule has 0 fully saturated rings. The first-order valence-electron chi connectivity index (χ1n) is 6.11. The Hall–Kier alpha value is -2.47. The lowest BCUT2D eigenvalue weighted by Crippen LogP contribution is -2.08. The lowest BCUT2D eigenvalue weighted by molar-refractivity contribution is -0.136. The lowest BCUT2D eigenvalue weighted by atomic mass is 10.1. The number of rotatable bonds is 5. The summed E-state index contributed by atoms with van der Waals surface area (Å²) in [4.78, 5) is 18.9. The number of hydrogen-bond donors (Lipinski definition) is 2. The summed E-state index contributed by atoms with van der Waals surface area (Å²) in [5.41, 5.74) is 2.03. The highest BCUT2D eigenvalue weighted by Gasteiger charge is 2.10. The van der Waals surface area contributed by atoms with Crippen LogP contribution in [0, 0.1) is 0 Å². The van der Waals surface area contributed by atoms with Crippen molar-refractivity contribution in [2.75, 3.05) is 0 Å². The van der Waals surface area contributed by atoms with Gasteiger partial charge >= 0.3 is 5.97 Å². The van der Waals surface area contributed by atoms with Gasteiger partial charge in [0.25, 0.3) is 0 Å². The summed E-state index contributed by atoms with van der Waals surface area (Å²) in [5, 5.41) is 21.3. The third-order valence-corrected chi connectivity index (χ3v) is 3.04. The van der Waals surface area contributed by atoms with Crippen LogP contribution < -0.4 is 0 Å². The maximum Gasteiger partial charge on any atom is 0.303 e. The second-order valence-electron chi connectivity index (χ2n) is 4.23. The van der Waals surface area contributed by atoms with Crippen LogP contribution in [0.15, 0.2) is 41.8 Å². The molecule has 0 saturated heterocycles. The summed E-state index contributed by atoms with van der Waals surface area (Å²) in [5.74, 6) is -0.970. The van der Waals surface area contributed by atoms with E-state index >= 15 is 0 Å². The zero-order valence-electron chi connectivity index (χ0n) is 10.9. The molecule has 0 aliphatic carbocycles. The molecule has 0 atom stereocenters. The molecule has 6 nitrogen and oxygen atoms in total. The minimum Gasteiger partial charge on any atom is -0.481 e. The number of benzene rings is 1. The van der Waals surface area contributed by atoms with E-state index in [4.69, 9.17) is 21.9 Å². The fraction of sp³-hybridized carbons (Fsp3) is 0.143. The van der Waals surface area contributed by atoms with Crippen LogP contribution in [0.25, 0.3) is 11.3 Å². The Bertz CT molecular complexity index is 654. The van der Waals surface area contributed by atoms with Gasteiger partial charge in [-0.15, -0.1) is 0 Å². The Labute approximate surface area is 125 Å². The third kappa shape index (κ3) is 4.00. The Morgan fingerprint density at radius 2 is 1.86 bits per heavy atom. The molecule has 2 N–H and O–H groups in total. The molecule has 108 valence electrons. The van der Waals surface area contributed by atoms with Gasteiger partial charge in [-0.2, -0.15) is 0 Å². The molecule has 0 spiro atoms. The first kappa shape index (κ1) is 14.9. The number of carboxylic acid groups (broad SMARTS) is 1. The van der Waals surface area contributed by atoms with Gasteiger partial charge in [0.05, 0.1) is 24.5 Å². The van der Waals surface area contributed by atoms with Crippen molar-refractivity contribution in [2.45, 2.75) is 12.8 Å². The van der Waals surface area contributed by atoms with Crippen molar-refractivity contribution in [1.29, 1.82) is 0 Å². The largest absolute Gasteiger partial charge is 0.481 e. The fourth-order valence-electron chi connectivity index (χ4n) is 1.70. The van der Waals surface area contributed by atoms with E-state index in [1.165, 1.54) is 12.4 Å². The molecule has 0 saturated carbocycles. The molecule has 1 heterocycles. The smallest absolute Gasteiger partial charge is 0.303 e. The predicted octanol–water partition coefficient (Wildman–Crippen LogP) is 2.84. The van der Waals surface area contributed by atoms with Crippen LogP contribution in [0.2, 0.25) is 5.02 Å². The molecule has 21 heavy (non-hydrogen) atoms. The normalized spacial score (nSPS) is 11.4. The highest BCUT2D eigenvalue weighted by molar-refractivity contribution is 6.30. The molecule has 2 rings (SSSR count). The predicted molar refractivity (Wildman–Crippen MR) is 77.7 cm³/mol. The van der Waals surface area contributed by atoms with Crippen molar-refractivity contribution in [3.8, 4) is 11.3 Å².